The first-order valence-corrected chi connectivity index (χ1v) is 6.47. The summed E-state index contributed by atoms with van der Waals surface area (Å²) in [4.78, 5) is 24.3. The van der Waals surface area contributed by atoms with Crippen molar-refractivity contribution in [1.29, 1.82) is 0 Å². The summed E-state index contributed by atoms with van der Waals surface area (Å²) >= 11 is 3.37. The van der Waals surface area contributed by atoms with E-state index >= 15 is 0 Å². The van der Waals surface area contributed by atoms with E-state index in [4.69, 9.17) is 0 Å². The van der Waals surface area contributed by atoms with Crippen LogP contribution in [-0.2, 0) is 0 Å². The number of nitrogens with one attached hydrogen (secondary N) is 1. The minimum Gasteiger partial charge on any atom is -0.287 e. The molecule has 0 radical (unpaired) electrons. The lowest BCUT2D eigenvalue weighted by Gasteiger charge is -2.17. The summed E-state index contributed by atoms with van der Waals surface area (Å²) in [5, 5.41) is 1.03. The van der Waals surface area contributed by atoms with Gasteiger partial charge in [-0.05, 0) is 40.2 Å². The van der Waals surface area contributed by atoms with Crippen molar-refractivity contribution in [3.63, 3.8) is 0 Å². The molecule has 2 amide bonds. The summed E-state index contributed by atoms with van der Waals surface area (Å²) < 4.78 is 0.784. The van der Waals surface area contributed by atoms with Crippen molar-refractivity contribution < 1.29 is 9.59 Å². The molecule has 0 atom stereocenters. The highest BCUT2D eigenvalue weighted by molar-refractivity contribution is 9.10. The van der Waals surface area contributed by atoms with Crippen molar-refractivity contribution in [3.8, 4) is 0 Å². The molecule has 0 saturated heterocycles. The number of hydrogen-bond acceptors (Lipinski definition) is 3. The van der Waals surface area contributed by atoms with Crippen LogP contribution in [-0.4, -0.2) is 16.8 Å². The maximum Gasteiger partial charge on any atom is 0.280 e. The van der Waals surface area contributed by atoms with E-state index < -0.39 is 0 Å². The molecule has 19 heavy (non-hydrogen) atoms. The standard InChI is InChI=1S/C14H9BrN2O2/c15-11-7-3-4-8-12(11)16-17-13(18)9-5-1-2-6-10(9)14(17)19/h1-8,16H. The largest absolute Gasteiger partial charge is 0.287 e. The molecule has 0 aromatic heterocycles. The van der Waals surface area contributed by atoms with Crippen molar-refractivity contribution in [3.05, 3.63) is 64.1 Å². The van der Waals surface area contributed by atoms with Gasteiger partial charge >= 0.3 is 0 Å². The molecule has 5 heteroatoms. The molecule has 94 valence electrons. The van der Waals surface area contributed by atoms with Crippen LogP contribution < -0.4 is 5.43 Å². The Morgan fingerprint density at radius 3 is 1.95 bits per heavy atom. The fourth-order valence-corrected chi connectivity index (χ4v) is 2.34. The Bertz CT molecular complexity index is 650. The van der Waals surface area contributed by atoms with Crippen molar-refractivity contribution in [2.45, 2.75) is 0 Å². The van der Waals surface area contributed by atoms with Gasteiger partial charge in [0.1, 0.15) is 0 Å². The van der Waals surface area contributed by atoms with Gasteiger partial charge in [0.15, 0.2) is 0 Å². The molecule has 0 bridgehead atoms. The minimum atomic E-state index is -0.337. The summed E-state index contributed by atoms with van der Waals surface area (Å²) in [7, 11) is 0. The Kier molecular flexibility index (Phi) is 2.83. The molecule has 0 saturated carbocycles. The van der Waals surface area contributed by atoms with Crippen LogP contribution >= 0.6 is 15.9 Å². The zero-order chi connectivity index (χ0) is 13.4. The summed E-state index contributed by atoms with van der Waals surface area (Å²) in [5.41, 5.74) is 4.35. The number of para-hydroxylation sites is 1. The average molecular weight is 317 g/mol. The Morgan fingerprint density at radius 2 is 1.37 bits per heavy atom. The van der Waals surface area contributed by atoms with Crippen LogP contribution in [0.15, 0.2) is 53.0 Å². The molecular formula is C14H9BrN2O2. The molecule has 4 nitrogen and oxygen atoms in total. The topological polar surface area (TPSA) is 49.4 Å². The quantitative estimate of drug-likeness (QED) is 0.866. The lowest BCUT2D eigenvalue weighted by Crippen LogP contribution is -2.35. The number of rotatable bonds is 2. The van der Waals surface area contributed by atoms with Gasteiger partial charge in [-0.15, -0.1) is 0 Å². The lowest BCUT2D eigenvalue weighted by molar-refractivity contribution is 0.0691. The molecular weight excluding hydrogens is 308 g/mol. The molecule has 0 spiro atoms. The highest BCUT2D eigenvalue weighted by Crippen LogP contribution is 2.26. The highest BCUT2D eigenvalue weighted by atomic mass is 79.9. The normalized spacial score (nSPS) is 13.6. The van der Waals surface area contributed by atoms with Crippen LogP contribution in [0, 0.1) is 0 Å². The molecule has 3 rings (SSSR count). The van der Waals surface area contributed by atoms with Crippen molar-refractivity contribution in [2.75, 3.05) is 5.43 Å². The number of imide groups is 1. The molecule has 0 unspecified atom stereocenters. The van der Waals surface area contributed by atoms with E-state index in [0.717, 1.165) is 9.48 Å². The molecule has 2 aromatic carbocycles. The zero-order valence-corrected chi connectivity index (χ0v) is 11.3. The Morgan fingerprint density at radius 1 is 0.842 bits per heavy atom. The van der Waals surface area contributed by atoms with Crippen molar-refractivity contribution >= 4 is 33.4 Å². The predicted octanol–water partition coefficient (Wildman–Crippen LogP) is 3.07. The average Bonchev–Trinajstić information content (AvgIpc) is 2.67. The highest BCUT2D eigenvalue weighted by Gasteiger charge is 2.35. The first-order valence-electron chi connectivity index (χ1n) is 5.67. The monoisotopic (exact) mass is 316 g/mol. The second-order valence-corrected chi connectivity index (χ2v) is 4.94. The van der Waals surface area contributed by atoms with Gasteiger partial charge in [0.25, 0.3) is 11.8 Å². The van der Waals surface area contributed by atoms with Crippen molar-refractivity contribution in [1.82, 2.24) is 5.01 Å². The van der Waals surface area contributed by atoms with Crippen LogP contribution in [0.1, 0.15) is 20.7 Å². The fraction of sp³-hybridized carbons (Fsp3) is 0. The number of anilines is 1. The van der Waals surface area contributed by atoms with E-state index in [9.17, 15) is 9.59 Å². The molecule has 0 fully saturated rings. The molecule has 0 aliphatic carbocycles. The molecule has 2 aromatic rings. The third kappa shape index (κ3) is 1.92. The van der Waals surface area contributed by atoms with Gasteiger partial charge in [-0.2, -0.15) is 5.01 Å². The van der Waals surface area contributed by atoms with E-state index in [2.05, 4.69) is 21.4 Å². The Hall–Kier alpha value is -2.14. The molecule has 1 aliphatic heterocycles. The maximum absolute atomic E-state index is 12.2. The smallest absolute Gasteiger partial charge is 0.280 e. The third-order valence-corrected chi connectivity index (χ3v) is 3.59. The number of amides is 2. The van der Waals surface area contributed by atoms with Gasteiger partial charge in [0.2, 0.25) is 0 Å². The van der Waals surface area contributed by atoms with Crippen LogP contribution in [0.25, 0.3) is 0 Å². The number of carbonyl (C=O) groups is 2. The summed E-state index contributed by atoms with van der Waals surface area (Å²) in [6, 6.07) is 14.1. The summed E-state index contributed by atoms with van der Waals surface area (Å²) in [5.74, 6) is -0.673. The zero-order valence-electron chi connectivity index (χ0n) is 9.76. The second-order valence-electron chi connectivity index (χ2n) is 4.08. The van der Waals surface area contributed by atoms with Crippen LogP contribution in [0.2, 0.25) is 0 Å². The van der Waals surface area contributed by atoms with E-state index in [1.165, 1.54) is 0 Å². The number of halogens is 1. The maximum atomic E-state index is 12.2. The first kappa shape index (κ1) is 11.9. The molecule has 1 N–H and O–H groups in total. The van der Waals surface area contributed by atoms with Gasteiger partial charge in [-0.1, -0.05) is 24.3 Å². The number of hydrogen-bond donors (Lipinski definition) is 1. The number of benzene rings is 2. The molecule has 1 heterocycles. The van der Waals surface area contributed by atoms with Gasteiger partial charge in [0, 0.05) is 4.47 Å². The second kappa shape index (κ2) is 4.51. The number of hydrazine groups is 1. The first-order chi connectivity index (χ1) is 9.18. The Balaban J connectivity index is 1.95. The number of carbonyl (C=O) groups excluding carboxylic acids is 2. The minimum absolute atomic E-state index is 0.337. The third-order valence-electron chi connectivity index (χ3n) is 2.90. The number of fused-ring (bicyclic) bond motifs is 1. The predicted molar refractivity (Wildman–Crippen MR) is 74.7 cm³/mol. The SMILES string of the molecule is O=C1c2ccccc2C(=O)N1Nc1ccccc1Br. The van der Waals surface area contributed by atoms with Gasteiger partial charge < -0.3 is 0 Å². The number of nitrogens with zero attached hydrogens (tertiary/aromatic N) is 1. The molecule has 1 aliphatic rings. The summed E-state index contributed by atoms with van der Waals surface area (Å²) in [6.07, 6.45) is 0. The van der Waals surface area contributed by atoms with Crippen LogP contribution in [0.3, 0.4) is 0 Å². The van der Waals surface area contributed by atoms with Gasteiger partial charge in [-0.3, -0.25) is 15.0 Å². The summed E-state index contributed by atoms with van der Waals surface area (Å²) in [6.45, 7) is 0. The van der Waals surface area contributed by atoms with E-state index in [1.54, 1.807) is 30.3 Å². The van der Waals surface area contributed by atoms with E-state index in [1.807, 2.05) is 18.2 Å². The fourth-order valence-electron chi connectivity index (χ4n) is 1.96. The van der Waals surface area contributed by atoms with Crippen molar-refractivity contribution in [2.24, 2.45) is 0 Å². The van der Waals surface area contributed by atoms with Crippen LogP contribution in [0.5, 0.6) is 0 Å². The Labute approximate surface area is 118 Å². The lowest BCUT2D eigenvalue weighted by atomic mass is 10.1. The van der Waals surface area contributed by atoms with Crippen LogP contribution in [0.4, 0.5) is 5.69 Å². The van der Waals surface area contributed by atoms with Gasteiger partial charge in [-0.25, -0.2) is 0 Å². The van der Waals surface area contributed by atoms with E-state index in [0.29, 0.717) is 16.8 Å². The van der Waals surface area contributed by atoms with Gasteiger partial charge in [0.05, 0.1) is 16.8 Å². The van der Waals surface area contributed by atoms with E-state index in [-0.39, 0.29) is 11.8 Å².